The van der Waals surface area contributed by atoms with E-state index in [0.717, 1.165) is 32.0 Å². The number of carbonyl (C=O) groups is 10. The number of rotatable bonds is 10. The van der Waals surface area contributed by atoms with Gasteiger partial charge in [-0.25, -0.2) is 14.5 Å². The second-order valence-electron chi connectivity index (χ2n) is 30.7. The van der Waals surface area contributed by atoms with Crippen molar-refractivity contribution in [3.8, 4) is 23.0 Å². The molecule has 8 atom stereocenters. The quantitative estimate of drug-likeness (QED) is 0.0372. The highest BCUT2D eigenvalue weighted by atomic mass is 32.2. The maximum Gasteiger partial charge on any atom is 0.534 e. The van der Waals surface area contributed by atoms with E-state index < -0.39 is 215 Å². The van der Waals surface area contributed by atoms with Crippen molar-refractivity contribution in [2.24, 2.45) is 11.8 Å². The Hall–Kier alpha value is -10.9. The molecule has 0 aliphatic carbocycles. The molecule has 0 spiro atoms. The number of hydrogen-bond acceptors (Lipinski definition) is 24. The Morgan fingerprint density at radius 2 is 0.891 bits per heavy atom. The molecule has 0 fully saturated rings. The first-order valence-electron chi connectivity index (χ1n) is 37.5. The summed E-state index contributed by atoms with van der Waals surface area (Å²) >= 11 is 0. The van der Waals surface area contributed by atoms with Crippen molar-refractivity contribution >= 4 is 111 Å². The van der Waals surface area contributed by atoms with E-state index in [1.807, 2.05) is 20.8 Å². The minimum atomic E-state index is -6.31. The molecule has 6 N–H and O–H groups in total. The molecule has 12 rings (SSSR count). The van der Waals surface area contributed by atoms with Crippen molar-refractivity contribution in [1.82, 2.24) is 31.1 Å². The third kappa shape index (κ3) is 21.8. The summed E-state index contributed by atoms with van der Waals surface area (Å²) in [5.74, 6) is -9.47. The van der Waals surface area contributed by atoms with Gasteiger partial charge >= 0.3 is 43.4 Å². The lowest BCUT2D eigenvalue weighted by atomic mass is 10.0. The molecule has 4 aromatic carbocycles. The zero-order chi connectivity index (χ0) is 87.9. The van der Waals surface area contributed by atoms with Crippen LogP contribution >= 0.6 is 0 Å². The number of benzene rings is 4. The largest absolute Gasteiger partial charge is 0.534 e. The van der Waals surface area contributed by atoms with Crippen molar-refractivity contribution in [2.75, 3.05) is 61.1 Å². The molecule has 0 radical (unpaired) electrons. The standard InChI is InChI=1S/C76H94F6N10O24S2Si/c1-40(2)63-67(97)83-42(5)65(95)85-47-22-18-45(19-23-47)36-112-72(101)91-44(7)53-28-49(114-117(103,104)75(77,78)79)34-89(53)69(99)51-30-57(107-11)59(32-54(51)91)110-26-16-15-17-27-111-60-33-55-52(31-58(60)108-12)70(100)90-35-50(115-118(105,106)76(80,81)82)29-56(90)71(116-119(13,14)74(8,9)10)92(55)73(102)113-37-46-20-24-48(25-21-46)86-66(96)43(6)84-68(98)64(41(3)4)88-62(94)39-109-38-61(93)87-63/h18-25,30-35,40-44,53,56,63-64,71H,15-17,26-29,36-39H2,1-14H3,(H,83,97)(H,84,98)(H,85,95)(H,86,96)(H,87,93)(H,88,94)/t42-,43-,44?,53-,56-,63-,64-,71?/m0/s1. The van der Waals surface area contributed by atoms with Crippen LogP contribution < -0.4 is 60.6 Å². The first kappa shape index (κ1) is 92.0. The van der Waals surface area contributed by atoms with Crippen LogP contribution in [-0.2, 0) is 89.2 Å². The predicted octanol–water partition coefficient (Wildman–Crippen LogP) is 9.42. The van der Waals surface area contributed by atoms with Crippen LogP contribution in [0.25, 0.3) is 0 Å². The fourth-order valence-corrected chi connectivity index (χ4v) is 14.9. The topological polar surface area (TPSA) is 416 Å². The first-order chi connectivity index (χ1) is 55.5. The summed E-state index contributed by atoms with van der Waals surface area (Å²) in [4.78, 5) is 144. The second kappa shape index (κ2) is 37.2. The average molecular weight is 1740 g/mol. The Morgan fingerprint density at radius 3 is 1.28 bits per heavy atom. The average Bonchev–Trinajstić information content (AvgIpc) is 1.60. The van der Waals surface area contributed by atoms with Crippen LogP contribution in [0.3, 0.4) is 0 Å². The molecule has 0 saturated heterocycles. The molecule has 8 aliphatic rings. The molecular formula is C76H94F6N10O24S2Si. The number of carbonyl (C=O) groups excluding carboxylic acids is 10. The van der Waals surface area contributed by atoms with Gasteiger partial charge in [0.05, 0.1) is 68.1 Å². The molecule has 4 aromatic rings. The number of halogens is 6. The van der Waals surface area contributed by atoms with Crippen molar-refractivity contribution in [3.63, 3.8) is 0 Å². The maximum absolute atomic E-state index is 15.3. The van der Waals surface area contributed by atoms with Crippen LogP contribution in [0.1, 0.15) is 133 Å². The van der Waals surface area contributed by atoms with Gasteiger partial charge in [-0.15, -0.1) is 0 Å². The van der Waals surface area contributed by atoms with Crippen molar-refractivity contribution in [2.45, 2.75) is 192 Å². The SMILES string of the molecule is COc1cc2c3cc1OCCCCCOc1cc4c(cc1OC)C(=O)N1C=C(OS(=O)(=O)C(F)(F)F)C[C@H]1C(O[Si](C)(C)C(C)(C)C)N4C(=O)OCc1ccc(cc1)NC(=O)[C@H](C)NC(=O)[C@H](C(C)C)NC(=O)COCC(=O)N[C@@H](C(C)C)C(=O)N[C@@H](C)C(=O)Nc1ccc(cc1)COC(=O)N3C(C)[C@@H]1CC(OS(=O)(=O)C(F)(F)F)=CN1C2=O. The van der Waals surface area contributed by atoms with Gasteiger partial charge in [-0.1, -0.05) is 72.7 Å². The molecule has 650 valence electrons. The zero-order valence-corrected chi connectivity index (χ0v) is 69.9. The third-order valence-corrected chi connectivity index (χ3v) is 26.7. The Bertz CT molecular complexity index is 4840. The van der Waals surface area contributed by atoms with E-state index in [1.165, 1.54) is 108 Å². The van der Waals surface area contributed by atoms with E-state index >= 15 is 9.59 Å². The Kier molecular flexibility index (Phi) is 28.7. The number of methoxy groups -OCH3 is 2. The summed E-state index contributed by atoms with van der Waals surface area (Å²) in [6.45, 7) is 17.1. The fraction of sp³-hybridized carbons (Fsp3) is 0.500. The van der Waals surface area contributed by atoms with E-state index in [0.29, 0.717) is 17.5 Å². The van der Waals surface area contributed by atoms with E-state index in [4.69, 9.17) is 37.6 Å². The number of nitrogens with one attached hydrogen (secondary N) is 6. The van der Waals surface area contributed by atoms with Gasteiger partial charge in [0, 0.05) is 48.7 Å². The number of alkyl halides is 6. The molecule has 8 aliphatic heterocycles. The molecule has 34 nitrogen and oxygen atoms in total. The number of anilines is 4. The molecule has 8 heterocycles. The van der Waals surface area contributed by atoms with Gasteiger partial charge in [-0.05, 0) is 118 Å². The number of ether oxygens (including phenoxy) is 7. The Labute approximate surface area is 682 Å². The fourth-order valence-electron chi connectivity index (χ4n) is 12.7. The summed E-state index contributed by atoms with van der Waals surface area (Å²) in [5, 5.41) is 14.8. The maximum atomic E-state index is 15.3. The molecule has 119 heavy (non-hydrogen) atoms. The summed E-state index contributed by atoms with van der Waals surface area (Å²) in [5.41, 5.74) is -11.7. The van der Waals surface area contributed by atoms with E-state index in [9.17, 15) is 81.5 Å². The van der Waals surface area contributed by atoms with Gasteiger partial charge in [0.25, 0.3) is 11.8 Å². The minimum Gasteiger partial charge on any atom is -0.493 e. The number of nitrogens with zero attached hydrogens (tertiary/aromatic N) is 4. The van der Waals surface area contributed by atoms with Crippen molar-refractivity contribution in [3.05, 3.63) is 119 Å². The third-order valence-electron chi connectivity index (χ3n) is 20.3. The molecule has 0 aromatic heterocycles. The second-order valence-corrected chi connectivity index (χ2v) is 38.5. The van der Waals surface area contributed by atoms with Gasteiger partial charge in [0.1, 0.15) is 62.1 Å². The molecule has 0 saturated carbocycles. The lowest BCUT2D eigenvalue weighted by Gasteiger charge is -2.44. The summed E-state index contributed by atoms with van der Waals surface area (Å²) in [6.07, 6.45) is -2.95. The van der Waals surface area contributed by atoms with Crippen LogP contribution in [0.5, 0.6) is 23.0 Å². The Morgan fingerprint density at radius 1 is 0.504 bits per heavy atom. The van der Waals surface area contributed by atoms with Crippen LogP contribution in [0.15, 0.2) is 96.7 Å². The van der Waals surface area contributed by atoms with Gasteiger partial charge < -0.3 is 87.7 Å². The highest BCUT2D eigenvalue weighted by Crippen LogP contribution is 2.48. The molecule has 8 bridgehead atoms. The van der Waals surface area contributed by atoms with E-state index in [2.05, 4.69) is 40.3 Å². The smallest absolute Gasteiger partial charge is 0.493 e. The summed E-state index contributed by atoms with van der Waals surface area (Å²) in [6, 6.07) is 7.81. The van der Waals surface area contributed by atoms with Gasteiger partial charge in [0.2, 0.25) is 35.4 Å². The molecular weight excluding hydrogens is 1640 g/mol. The van der Waals surface area contributed by atoms with Crippen molar-refractivity contribution < 1.29 is 137 Å². The highest BCUT2D eigenvalue weighted by Gasteiger charge is 2.56. The summed E-state index contributed by atoms with van der Waals surface area (Å²) < 4.78 is 189. The molecule has 43 heteroatoms. The molecule has 10 amide bonds. The highest BCUT2D eigenvalue weighted by molar-refractivity contribution is 7.88. The van der Waals surface area contributed by atoms with Crippen LogP contribution in [0.4, 0.5) is 58.7 Å². The normalized spacial score (nSPS) is 22.7. The van der Waals surface area contributed by atoms with Crippen LogP contribution in [0, 0.1) is 11.8 Å². The Balaban J connectivity index is 1.03. The number of hydrogen-bond donors (Lipinski definition) is 6. The lowest BCUT2D eigenvalue weighted by molar-refractivity contribution is -0.137. The van der Waals surface area contributed by atoms with Crippen molar-refractivity contribution in [1.29, 1.82) is 0 Å². The van der Waals surface area contributed by atoms with Gasteiger partial charge in [-0.3, -0.25) is 43.3 Å². The molecule has 2 unspecified atom stereocenters. The predicted molar refractivity (Wildman–Crippen MR) is 415 cm³/mol. The zero-order valence-electron chi connectivity index (χ0n) is 67.3. The number of fused-ring (bicyclic) bond motifs is 2. The van der Waals surface area contributed by atoms with Gasteiger partial charge in [0.15, 0.2) is 37.5 Å². The first-order valence-corrected chi connectivity index (χ1v) is 43.2. The van der Waals surface area contributed by atoms with E-state index in [-0.39, 0.29) is 82.9 Å². The monoisotopic (exact) mass is 1740 g/mol. The van der Waals surface area contributed by atoms with Gasteiger partial charge in [-0.2, -0.15) is 43.2 Å². The lowest BCUT2D eigenvalue weighted by Crippen LogP contribution is -2.57. The number of amides is 10. The minimum absolute atomic E-state index is 0.0213. The van der Waals surface area contributed by atoms with Crippen LogP contribution in [0.2, 0.25) is 18.1 Å². The van der Waals surface area contributed by atoms with E-state index in [1.54, 1.807) is 40.8 Å². The van der Waals surface area contributed by atoms with Crippen LogP contribution in [-0.4, -0.2) is 195 Å². The summed E-state index contributed by atoms with van der Waals surface area (Å²) in [7, 11) is -13.3.